The normalized spacial score (nSPS) is 15.3. The topological polar surface area (TPSA) is 59.2 Å². The first-order valence-electron chi connectivity index (χ1n) is 9.13. The van der Waals surface area contributed by atoms with Crippen molar-refractivity contribution in [3.8, 4) is 22.6 Å². The third kappa shape index (κ3) is 2.92. The summed E-state index contributed by atoms with van der Waals surface area (Å²) in [6.45, 7) is 4.23. The molecule has 0 aliphatic carbocycles. The molecule has 1 saturated heterocycles. The van der Waals surface area contributed by atoms with E-state index >= 15 is 0 Å². The first-order valence-corrected chi connectivity index (χ1v) is 9.13. The van der Waals surface area contributed by atoms with Crippen molar-refractivity contribution >= 4 is 11.0 Å². The summed E-state index contributed by atoms with van der Waals surface area (Å²) in [4.78, 5) is 8.54. The lowest BCUT2D eigenvalue weighted by Crippen LogP contribution is -2.27. The molecule has 0 spiro atoms. The van der Waals surface area contributed by atoms with Crippen molar-refractivity contribution in [2.45, 2.75) is 25.7 Å². The monoisotopic (exact) mass is 351 g/mol. The van der Waals surface area contributed by atoms with Gasteiger partial charge in [0.2, 0.25) is 0 Å². The lowest BCUT2D eigenvalue weighted by Gasteiger charge is -2.22. The Kier molecular flexibility index (Phi) is 4.55. The molecule has 4 rings (SSSR count). The number of methoxy groups -OCH3 is 2. The molecule has 3 aromatic rings. The van der Waals surface area contributed by atoms with Gasteiger partial charge in [-0.2, -0.15) is 0 Å². The maximum atomic E-state index is 5.48. The van der Waals surface area contributed by atoms with Crippen molar-refractivity contribution < 1.29 is 9.47 Å². The molecule has 0 radical (unpaired) electrons. The molecule has 3 heterocycles. The first kappa shape index (κ1) is 16.9. The molecule has 0 bridgehead atoms. The van der Waals surface area contributed by atoms with Crippen LogP contribution in [0.1, 0.15) is 30.1 Å². The summed E-state index contributed by atoms with van der Waals surface area (Å²) in [5.41, 5.74) is 6.63. The highest BCUT2D eigenvalue weighted by atomic mass is 16.5. The van der Waals surface area contributed by atoms with Crippen molar-refractivity contribution in [2.24, 2.45) is 0 Å². The highest BCUT2D eigenvalue weighted by Crippen LogP contribution is 2.37. The van der Waals surface area contributed by atoms with E-state index in [-0.39, 0.29) is 0 Å². The summed E-state index contributed by atoms with van der Waals surface area (Å²) in [6, 6.07) is 10.4. The third-order valence-corrected chi connectivity index (χ3v) is 5.28. The molecule has 5 nitrogen and oxygen atoms in total. The van der Waals surface area contributed by atoms with Crippen LogP contribution in [0.2, 0.25) is 0 Å². The van der Waals surface area contributed by atoms with Crippen molar-refractivity contribution in [1.82, 2.24) is 15.3 Å². The van der Waals surface area contributed by atoms with Crippen molar-refractivity contribution in [1.29, 1.82) is 0 Å². The van der Waals surface area contributed by atoms with E-state index in [1.54, 1.807) is 14.2 Å². The van der Waals surface area contributed by atoms with Gasteiger partial charge in [-0.3, -0.25) is 4.98 Å². The molecule has 2 aromatic heterocycles. The molecule has 5 heteroatoms. The number of hydrogen-bond acceptors (Lipinski definition) is 4. The molecule has 136 valence electrons. The van der Waals surface area contributed by atoms with Crippen LogP contribution in [0.5, 0.6) is 11.5 Å². The predicted octanol–water partition coefficient (Wildman–Crippen LogP) is 4.02. The van der Waals surface area contributed by atoms with Gasteiger partial charge < -0.3 is 19.8 Å². The molecule has 0 unspecified atom stereocenters. The zero-order valence-electron chi connectivity index (χ0n) is 15.6. The van der Waals surface area contributed by atoms with Crippen LogP contribution in [-0.2, 0) is 0 Å². The van der Waals surface area contributed by atoms with Crippen LogP contribution in [-0.4, -0.2) is 37.3 Å². The maximum absolute atomic E-state index is 5.48. The highest BCUT2D eigenvalue weighted by molar-refractivity contribution is 5.95. The van der Waals surface area contributed by atoms with E-state index in [0.717, 1.165) is 65.3 Å². The minimum Gasteiger partial charge on any atom is -0.493 e. The Labute approximate surface area is 153 Å². The van der Waals surface area contributed by atoms with Gasteiger partial charge in [0.15, 0.2) is 11.5 Å². The molecule has 1 fully saturated rings. The third-order valence-electron chi connectivity index (χ3n) is 5.28. The van der Waals surface area contributed by atoms with Crippen LogP contribution in [0.25, 0.3) is 22.2 Å². The highest BCUT2D eigenvalue weighted by Gasteiger charge is 2.19. The Morgan fingerprint density at radius 2 is 1.77 bits per heavy atom. The maximum Gasteiger partial charge on any atom is 0.161 e. The zero-order valence-corrected chi connectivity index (χ0v) is 15.6. The van der Waals surface area contributed by atoms with Crippen molar-refractivity contribution in [2.75, 3.05) is 27.3 Å². The molecular weight excluding hydrogens is 326 g/mol. The second kappa shape index (κ2) is 7.00. The Balaban J connectivity index is 1.82. The summed E-state index contributed by atoms with van der Waals surface area (Å²) in [7, 11) is 3.32. The molecule has 1 aromatic carbocycles. The largest absolute Gasteiger partial charge is 0.493 e. The predicted molar refractivity (Wildman–Crippen MR) is 104 cm³/mol. The average Bonchev–Trinajstić information content (AvgIpc) is 3.03. The summed E-state index contributed by atoms with van der Waals surface area (Å²) in [5.74, 6) is 2.00. The number of pyridine rings is 1. The van der Waals surface area contributed by atoms with Crippen LogP contribution in [0.15, 0.2) is 30.3 Å². The van der Waals surface area contributed by atoms with Crippen LogP contribution in [0, 0.1) is 6.92 Å². The minimum absolute atomic E-state index is 0.536. The number of nitrogens with zero attached hydrogens (tertiary/aromatic N) is 1. The van der Waals surface area contributed by atoms with Gasteiger partial charge in [0.05, 0.1) is 25.3 Å². The number of H-pyrrole nitrogens is 1. The Morgan fingerprint density at radius 1 is 1.00 bits per heavy atom. The fourth-order valence-electron chi connectivity index (χ4n) is 3.90. The van der Waals surface area contributed by atoms with Crippen molar-refractivity contribution in [3.63, 3.8) is 0 Å². The van der Waals surface area contributed by atoms with Gasteiger partial charge in [-0.05, 0) is 62.7 Å². The van der Waals surface area contributed by atoms with Gasteiger partial charge in [-0.1, -0.05) is 6.07 Å². The first-order chi connectivity index (χ1) is 12.7. The van der Waals surface area contributed by atoms with E-state index in [9.17, 15) is 0 Å². The number of rotatable bonds is 4. The number of aryl methyl sites for hydroxylation is 1. The average molecular weight is 351 g/mol. The quantitative estimate of drug-likeness (QED) is 0.745. The van der Waals surface area contributed by atoms with Gasteiger partial charge in [-0.15, -0.1) is 0 Å². The number of hydrogen-bond donors (Lipinski definition) is 2. The van der Waals surface area contributed by atoms with Gasteiger partial charge >= 0.3 is 0 Å². The molecule has 0 amide bonds. The summed E-state index contributed by atoms with van der Waals surface area (Å²) < 4.78 is 10.9. The smallest absolute Gasteiger partial charge is 0.161 e. The van der Waals surface area contributed by atoms with Crippen LogP contribution in [0.3, 0.4) is 0 Å². The lowest BCUT2D eigenvalue weighted by molar-refractivity contribution is 0.355. The van der Waals surface area contributed by atoms with Gasteiger partial charge in [0.25, 0.3) is 0 Å². The summed E-state index contributed by atoms with van der Waals surface area (Å²) >= 11 is 0. The van der Waals surface area contributed by atoms with E-state index in [1.807, 2.05) is 12.1 Å². The van der Waals surface area contributed by atoms with E-state index in [2.05, 4.69) is 35.4 Å². The van der Waals surface area contributed by atoms with Crippen LogP contribution < -0.4 is 14.8 Å². The molecular formula is C21H25N3O2. The standard InChI is InChI=1S/C21H25N3O2/c1-13-20(15-4-7-18(25-2)19(12-15)26-3)21-17(23-13)6-5-16(24-21)14-8-10-22-11-9-14/h4-7,12,14,22-23H,8-11H2,1-3H3. The minimum atomic E-state index is 0.536. The van der Waals surface area contributed by atoms with Gasteiger partial charge in [0.1, 0.15) is 0 Å². The van der Waals surface area contributed by atoms with E-state index in [1.165, 1.54) is 5.69 Å². The number of aromatic nitrogens is 2. The molecule has 1 aliphatic heterocycles. The summed E-state index contributed by atoms with van der Waals surface area (Å²) in [6.07, 6.45) is 2.29. The van der Waals surface area contributed by atoms with E-state index in [0.29, 0.717) is 5.92 Å². The Morgan fingerprint density at radius 3 is 2.50 bits per heavy atom. The lowest BCUT2D eigenvalue weighted by atomic mass is 9.94. The number of piperidine rings is 1. The second-order valence-corrected chi connectivity index (χ2v) is 6.85. The Hall–Kier alpha value is -2.53. The van der Waals surface area contributed by atoms with E-state index < -0.39 is 0 Å². The van der Waals surface area contributed by atoms with Gasteiger partial charge in [-0.25, -0.2) is 0 Å². The molecule has 0 saturated carbocycles. The number of benzene rings is 1. The number of nitrogens with one attached hydrogen (secondary N) is 2. The number of fused-ring (bicyclic) bond motifs is 1. The molecule has 1 aliphatic rings. The molecule has 2 N–H and O–H groups in total. The number of ether oxygens (including phenoxy) is 2. The Bertz CT molecular complexity index is 926. The molecule has 26 heavy (non-hydrogen) atoms. The van der Waals surface area contributed by atoms with E-state index in [4.69, 9.17) is 14.5 Å². The fourth-order valence-corrected chi connectivity index (χ4v) is 3.90. The fraction of sp³-hybridized carbons (Fsp3) is 0.381. The number of aromatic amines is 1. The van der Waals surface area contributed by atoms with Crippen molar-refractivity contribution in [3.05, 3.63) is 41.7 Å². The van der Waals surface area contributed by atoms with Gasteiger partial charge in [0, 0.05) is 22.9 Å². The van der Waals surface area contributed by atoms with Crippen LogP contribution in [0.4, 0.5) is 0 Å². The molecule has 0 atom stereocenters. The second-order valence-electron chi connectivity index (χ2n) is 6.85. The van der Waals surface area contributed by atoms with Crippen LogP contribution >= 0.6 is 0 Å². The SMILES string of the molecule is COc1ccc(-c2c(C)[nH]c3ccc(C4CCNCC4)nc23)cc1OC. The summed E-state index contributed by atoms with van der Waals surface area (Å²) in [5, 5.41) is 3.43. The zero-order chi connectivity index (χ0) is 18.1.